The van der Waals surface area contributed by atoms with E-state index in [1.165, 1.54) is 21.8 Å². The van der Waals surface area contributed by atoms with Crippen LogP contribution in [0.15, 0.2) is 53.4 Å². The van der Waals surface area contributed by atoms with Crippen molar-refractivity contribution in [2.45, 2.75) is 23.8 Å². The van der Waals surface area contributed by atoms with Crippen LogP contribution >= 0.6 is 23.4 Å². The van der Waals surface area contributed by atoms with Crippen molar-refractivity contribution in [3.8, 4) is 0 Å². The molecule has 0 amide bonds. The number of rotatable bonds is 4. The molecule has 1 nitrogen and oxygen atoms in total. The molecule has 20 heavy (non-hydrogen) atoms. The topological polar surface area (TPSA) is 12.0 Å². The Labute approximate surface area is 129 Å². The van der Waals surface area contributed by atoms with Crippen LogP contribution in [0.5, 0.6) is 0 Å². The second-order valence-corrected chi connectivity index (χ2v) is 6.73. The smallest absolute Gasteiger partial charge is 0.0409 e. The molecule has 0 aliphatic carbocycles. The van der Waals surface area contributed by atoms with E-state index in [1.54, 1.807) is 0 Å². The van der Waals surface area contributed by atoms with Crippen molar-refractivity contribution >= 4 is 23.4 Å². The van der Waals surface area contributed by atoms with Gasteiger partial charge in [0.1, 0.15) is 0 Å². The Morgan fingerprint density at radius 2 is 2.10 bits per heavy atom. The van der Waals surface area contributed by atoms with Crippen LogP contribution in [0.3, 0.4) is 0 Å². The fraction of sp³-hybridized carbons (Fsp3) is 0.294. The van der Waals surface area contributed by atoms with Gasteiger partial charge in [-0.3, -0.25) is 0 Å². The molecule has 1 aliphatic heterocycles. The molecule has 2 aromatic rings. The molecule has 2 aromatic carbocycles. The number of hydrogen-bond acceptors (Lipinski definition) is 2. The third-order valence-corrected chi connectivity index (χ3v) is 5.30. The molecule has 0 aromatic heterocycles. The summed E-state index contributed by atoms with van der Waals surface area (Å²) >= 11 is 8.02. The van der Waals surface area contributed by atoms with Gasteiger partial charge in [-0.1, -0.05) is 41.9 Å². The second kappa shape index (κ2) is 6.21. The maximum Gasteiger partial charge on any atom is 0.0409 e. The standard InChI is InChI=1S/C17H18ClNS/c1-12(13-5-4-6-15(18)9-13)19-10-14-11-20-17-8-3-2-7-16(14)17/h2-9,12,14,19H,10-11H2,1H3/t12-,14?/m0/s1. The van der Waals surface area contributed by atoms with E-state index < -0.39 is 0 Å². The first kappa shape index (κ1) is 14.0. The van der Waals surface area contributed by atoms with E-state index in [9.17, 15) is 0 Å². The van der Waals surface area contributed by atoms with Crippen molar-refractivity contribution in [1.29, 1.82) is 0 Å². The van der Waals surface area contributed by atoms with Crippen molar-refractivity contribution in [1.82, 2.24) is 5.32 Å². The van der Waals surface area contributed by atoms with E-state index in [1.807, 2.05) is 30.0 Å². The maximum atomic E-state index is 6.05. The van der Waals surface area contributed by atoms with E-state index in [4.69, 9.17) is 11.6 Å². The third kappa shape index (κ3) is 3.03. The number of thioether (sulfide) groups is 1. The van der Waals surface area contributed by atoms with Crippen LogP contribution in [0.25, 0.3) is 0 Å². The van der Waals surface area contributed by atoms with Crippen LogP contribution in [0.4, 0.5) is 0 Å². The fourth-order valence-electron chi connectivity index (χ4n) is 2.61. The second-order valence-electron chi connectivity index (χ2n) is 5.23. The summed E-state index contributed by atoms with van der Waals surface area (Å²) in [5.74, 6) is 1.78. The highest BCUT2D eigenvalue weighted by atomic mass is 35.5. The minimum absolute atomic E-state index is 0.325. The van der Waals surface area contributed by atoms with Gasteiger partial charge >= 0.3 is 0 Å². The van der Waals surface area contributed by atoms with Crippen molar-refractivity contribution in [2.24, 2.45) is 0 Å². The average molecular weight is 304 g/mol. The summed E-state index contributed by atoms with van der Waals surface area (Å²) in [6.07, 6.45) is 0. The van der Waals surface area contributed by atoms with Crippen molar-refractivity contribution in [2.75, 3.05) is 12.3 Å². The number of fused-ring (bicyclic) bond motifs is 1. The van der Waals surface area contributed by atoms with E-state index in [2.05, 4.69) is 42.6 Å². The summed E-state index contributed by atoms with van der Waals surface area (Å²) < 4.78 is 0. The minimum Gasteiger partial charge on any atom is -0.310 e. The van der Waals surface area contributed by atoms with Gasteiger partial charge in [0.2, 0.25) is 0 Å². The van der Waals surface area contributed by atoms with Gasteiger partial charge in [-0.25, -0.2) is 0 Å². The van der Waals surface area contributed by atoms with Gasteiger partial charge in [0.25, 0.3) is 0 Å². The third-order valence-electron chi connectivity index (χ3n) is 3.82. The first-order chi connectivity index (χ1) is 9.74. The number of benzene rings is 2. The van der Waals surface area contributed by atoms with Crippen LogP contribution < -0.4 is 5.32 Å². The largest absolute Gasteiger partial charge is 0.310 e. The van der Waals surface area contributed by atoms with Gasteiger partial charge in [0, 0.05) is 34.2 Å². The van der Waals surface area contributed by atoms with Crippen molar-refractivity contribution < 1.29 is 0 Å². The molecule has 0 bridgehead atoms. The van der Waals surface area contributed by atoms with Gasteiger partial charge in [0.15, 0.2) is 0 Å². The van der Waals surface area contributed by atoms with E-state index >= 15 is 0 Å². The minimum atomic E-state index is 0.325. The highest BCUT2D eigenvalue weighted by Gasteiger charge is 2.22. The Morgan fingerprint density at radius 3 is 2.95 bits per heavy atom. The summed E-state index contributed by atoms with van der Waals surface area (Å²) in [7, 11) is 0. The molecule has 0 spiro atoms. The predicted molar refractivity (Wildman–Crippen MR) is 87.8 cm³/mol. The zero-order valence-corrected chi connectivity index (χ0v) is 13.0. The molecule has 0 fully saturated rings. The summed E-state index contributed by atoms with van der Waals surface area (Å²) in [4.78, 5) is 1.44. The molecule has 1 N–H and O–H groups in total. The van der Waals surface area contributed by atoms with Gasteiger partial charge in [-0.15, -0.1) is 11.8 Å². The first-order valence-corrected chi connectivity index (χ1v) is 8.31. The number of halogens is 1. The lowest BCUT2D eigenvalue weighted by Gasteiger charge is -2.18. The van der Waals surface area contributed by atoms with Gasteiger partial charge < -0.3 is 5.32 Å². The van der Waals surface area contributed by atoms with Crippen LogP contribution in [0.2, 0.25) is 5.02 Å². The summed E-state index contributed by atoms with van der Waals surface area (Å²) in [5, 5.41) is 4.44. The molecule has 1 unspecified atom stereocenters. The SMILES string of the molecule is C[C@H](NCC1CSc2ccccc21)c1cccc(Cl)c1. The van der Waals surface area contributed by atoms with Gasteiger partial charge in [-0.05, 0) is 36.2 Å². The van der Waals surface area contributed by atoms with E-state index in [-0.39, 0.29) is 0 Å². The lowest BCUT2D eigenvalue weighted by Crippen LogP contribution is -2.24. The molecule has 1 heterocycles. The molecule has 0 saturated carbocycles. The zero-order chi connectivity index (χ0) is 13.9. The molecule has 0 radical (unpaired) electrons. The molecular weight excluding hydrogens is 286 g/mol. The predicted octanol–water partition coefficient (Wildman–Crippen LogP) is 4.88. The molecule has 3 heteroatoms. The number of nitrogens with one attached hydrogen (secondary N) is 1. The lowest BCUT2D eigenvalue weighted by molar-refractivity contribution is 0.541. The van der Waals surface area contributed by atoms with Crippen LogP contribution in [0.1, 0.15) is 30.0 Å². The van der Waals surface area contributed by atoms with Crippen molar-refractivity contribution in [3.05, 3.63) is 64.7 Å². The Hall–Kier alpha value is -0.960. The Bertz CT molecular complexity index is 599. The van der Waals surface area contributed by atoms with E-state index in [0.29, 0.717) is 12.0 Å². The highest BCUT2D eigenvalue weighted by Crippen LogP contribution is 2.39. The fourth-order valence-corrected chi connectivity index (χ4v) is 4.06. The maximum absolute atomic E-state index is 6.05. The quantitative estimate of drug-likeness (QED) is 0.864. The first-order valence-electron chi connectivity index (χ1n) is 6.94. The number of hydrogen-bond donors (Lipinski definition) is 1. The Morgan fingerprint density at radius 1 is 1.25 bits per heavy atom. The van der Waals surface area contributed by atoms with E-state index in [0.717, 1.165) is 11.6 Å². The normalized spacial score (nSPS) is 18.8. The highest BCUT2D eigenvalue weighted by molar-refractivity contribution is 7.99. The molecule has 104 valence electrons. The average Bonchev–Trinajstić information content (AvgIpc) is 2.88. The summed E-state index contributed by atoms with van der Waals surface area (Å²) in [5.41, 5.74) is 2.74. The summed E-state index contributed by atoms with van der Waals surface area (Å²) in [6, 6.07) is 17.2. The summed E-state index contributed by atoms with van der Waals surface area (Å²) in [6.45, 7) is 3.21. The molecule has 0 saturated heterocycles. The Balaban J connectivity index is 1.63. The zero-order valence-electron chi connectivity index (χ0n) is 11.5. The Kier molecular flexibility index (Phi) is 4.35. The van der Waals surface area contributed by atoms with Gasteiger partial charge in [0.05, 0.1) is 0 Å². The van der Waals surface area contributed by atoms with Crippen LogP contribution in [-0.4, -0.2) is 12.3 Å². The molecule has 1 aliphatic rings. The van der Waals surface area contributed by atoms with Crippen molar-refractivity contribution in [3.63, 3.8) is 0 Å². The lowest BCUT2D eigenvalue weighted by atomic mass is 10.0. The van der Waals surface area contributed by atoms with Crippen LogP contribution in [0, 0.1) is 0 Å². The van der Waals surface area contributed by atoms with Crippen LogP contribution in [-0.2, 0) is 0 Å². The monoisotopic (exact) mass is 303 g/mol. The molecule has 3 rings (SSSR count). The van der Waals surface area contributed by atoms with Gasteiger partial charge in [-0.2, -0.15) is 0 Å². The molecular formula is C17H18ClNS. The molecule has 2 atom stereocenters.